The fraction of sp³-hybridized carbons (Fsp3) is 0.667. The van der Waals surface area contributed by atoms with Crippen LogP contribution in [0.3, 0.4) is 0 Å². The number of anilines is 1. The van der Waals surface area contributed by atoms with E-state index >= 15 is 0 Å². The summed E-state index contributed by atoms with van der Waals surface area (Å²) in [7, 11) is 1.88. The van der Waals surface area contributed by atoms with Crippen molar-refractivity contribution >= 4 is 5.82 Å². The highest BCUT2D eigenvalue weighted by Gasteiger charge is 2.22. The van der Waals surface area contributed by atoms with Gasteiger partial charge >= 0.3 is 0 Å². The van der Waals surface area contributed by atoms with Gasteiger partial charge in [0.2, 0.25) is 5.88 Å². The number of hydrogen-bond acceptors (Lipinski definition) is 4. The van der Waals surface area contributed by atoms with Gasteiger partial charge in [-0.25, -0.2) is 9.97 Å². The second kappa shape index (κ2) is 5.14. The molecular formula is C12H19N3O. The highest BCUT2D eigenvalue weighted by atomic mass is 16.5. The van der Waals surface area contributed by atoms with Gasteiger partial charge in [0.25, 0.3) is 0 Å². The average Bonchev–Trinajstić information content (AvgIpc) is 2.25. The van der Waals surface area contributed by atoms with E-state index < -0.39 is 0 Å². The van der Waals surface area contributed by atoms with Gasteiger partial charge in [0.15, 0.2) is 0 Å². The Morgan fingerprint density at radius 1 is 1.44 bits per heavy atom. The molecule has 2 rings (SSSR count). The number of ether oxygens (including phenoxy) is 1. The molecule has 1 aromatic rings. The van der Waals surface area contributed by atoms with Crippen LogP contribution in [-0.2, 0) is 6.42 Å². The summed E-state index contributed by atoms with van der Waals surface area (Å²) in [6.45, 7) is 2.15. The summed E-state index contributed by atoms with van der Waals surface area (Å²) in [5.41, 5.74) is 1.11. The number of aromatic nitrogens is 2. The van der Waals surface area contributed by atoms with E-state index in [1.54, 1.807) is 6.33 Å². The molecule has 16 heavy (non-hydrogen) atoms. The second-order valence-electron chi connectivity index (χ2n) is 4.18. The van der Waals surface area contributed by atoms with E-state index in [4.69, 9.17) is 4.74 Å². The Bertz CT molecular complexity index is 350. The first kappa shape index (κ1) is 11.2. The SMILES string of the molecule is CCCc1c(NC)ncnc1OC1CCC1. The van der Waals surface area contributed by atoms with Crippen LogP contribution in [0.25, 0.3) is 0 Å². The molecule has 1 aliphatic rings. The lowest BCUT2D eigenvalue weighted by atomic mass is 9.96. The van der Waals surface area contributed by atoms with Crippen LogP contribution in [0.4, 0.5) is 5.82 Å². The van der Waals surface area contributed by atoms with Crippen LogP contribution >= 0.6 is 0 Å². The van der Waals surface area contributed by atoms with Crippen LogP contribution in [0.2, 0.25) is 0 Å². The van der Waals surface area contributed by atoms with Crippen molar-refractivity contribution in [1.82, 2.24) is 9.97 Å². The Balaban J connectivity index is 2.19. The molecule has 0 amide bonds. The maximum atomic E-state index is 5.89. The minimum Gasteiger partial charge on any atom is -0.474 e. The Labute approximate surface area is 96.4 Å². The van der Waals surface area contributed by atoms with Crippen molar-refractivity contribution in [2.45, 2.75) is 45.1 Å². The Hall–Kier alpha value is -1.32. The zero-order chi connectivity index (χ0) is 11.4. The molecular weight excluding hydrogens is 202 g/mol. The highest BCUT2D eigenvalue weighted by Crippen LogP contribution is 2.29. The first-order valence-corrected chi connectivity index (χ1v) is 6.03. The second-order valence-corrected chi connectivity index (χ2v) is 4.18. The van der Waals surface area contributed by atoms with E-state index in [9.17, 15) is 0 Å². The summed E-state index contributed by atoms with van der Waals surface area (Å²) >= 11 is 0. The van der Waals surface area contributed by atoms with Gasteiger partial charge in [-0.1, -0.05) is 13.3 Å². The van der Waals surface area contributed by atoms with Crippen molar-refractivity contribution in [3.05, 3.63) is 11.9 Å². The van der Waals surface area contributed by atoms with Gasteiger partial charge < -0.3 is 10.1 Å². The summed E-state index contributed by atoms with van der Waals surface area (Å²) in [5, 5.41) is 3.10. The maximum absolute atomic E-state index is 5.89. The molecule has 0 bridgehead atoms. The molecule has 4 nitrogen and oxygen atoms in total. The molecule has 0 spiro atoms. The monoisotopic (exact) mass is 221 g/mol. The van der Waals surface area contributed by atoms with E-state index in [1.807, 2.05) is 7.05 Å². The molecule has 0 aromatic carbocycles. The Morgan fingerprint density at radius 3 is 2.81 bits per heavy atom. The van der Waals surface area contributed by atoms with Crippen LogP contribution in [0.1, 0.15) is 38.2 Å². The molecule has 1 aliphatic carbocycles. The quantitative estimate of drug-likeness (QED) is 0.829. The lowest BCUT2D eigenvalue weighted by molar-refractivity contribution is 0.113. The molecule has 1 saturated carbocycles. The highest BCUT2D eigenvalue weighted by molar-refractivity contribution is 5.48. The first-order valence-electron chi connectivity index (χ1n) is 6.03. The zero-order valence-electron chi connectivity index (χ0n) is 9.99. The molecule has 88 valence electrons. The van der Waals surface area contributed by atoms with E-state index in [2.05, 4.69) is 22.2 Å². The molecule has 1 fully saturated rings. The molecule has 1 N–H and O–H groups in total. The molecule has 0 aliphatic heterocycles. The van der Waals surface area contributed by atoms with Crippen molar-refractivity contribution in [3.8, 4) is 5.88 Å². The van der Waals surface area contributed by atoms with Gasteiger partial charge in [-0.05, 0) is 25.7 Å². The molecule has 1 aromatic heterocycles. The van der Waals surface area contributed by atoms with Crippen molar-refractivity contribution in [1.29, 1.82) is 0 Å². The van der Waals surface area contributed by atoms with Gasteiger partial charge in [0, 0.05) is 7.05 Å². The number of nitrogens with one attached hydrogen (secondary N) is 1. The van der Waals surface area contributed by atoms with Gasteiger partial charge in [0.05, 0.1) is 5.56 Å². The fourth-order valence-electron chi connectivity index (χ4n) is 1.84. The Morgan fingerprint density at radius 2 is 2.25 bits per heavy atom. The molecule has 0 radical (unpaired) electrons. The summed E-state index contributed by atoms with van der Waals surface area (Å²) in [6, 6.07) is 0. The van der Waals surface area contributed by atoms with Crippen molar-refractivity contribution in [2.24, 2.45) is 0 Å². The lowest BCUT2D eigenvalue weighted by Gasteiger charge is -2.27. The normalized spacial score (nSPS) is 15.6. The third-order valence-corrected chi connectivity index (χ3v) is 2.97. The topological polar surface area (TPSA) is 47.0 Å². The standard InChI is InChI=1S/C12H19N3O/c1-3-5-10-11(13-2)14-8-15-12(10)16-9-6-4-7-9/h8-9H,3-7H2,1-2H3,(H,13,14,15). The maximum Gasteiger partial charge on any atom is 0.222 e. The van der Waals surface area contributed by atoms with Crippen LogP contribution in [0, 0.1) is 0 Å². The summed E-state index contributed by atoms with van der Waals surface area (Å²) in [5.74, 6) is 1.66. The van der Waals surface area contributed by atoms with Gasteiger partial charge in [-0.15, -0.1) is 0 Å². The van der Waals surface area contributed by atoms with Crippen LogP contribution in [-0.4, -0.2) is 23.1 Å². The van der Waals surface area contributed by atoms with Gasteiger partial charge in [-0.3, -0.25) is 0 Å². The smallest absolute Gasteiger partial charge is 0.222 e. The Kier molecular flexibility index (Phi) is 3.59. The van der Waals surface area contributed by atoms with Gasteiger partial charge in [-0.2, -0.15) is 0 Å². The minimum atomic E-state index is 0.371. The largest absolute Gasteiger partial charge is 0.474 e. The van der Waals surface area contributed by atoms with Crippen molar-refractivity contribution in [2.75, 3.05) is 12.4 Å². The predicted octanol–water partition coefficient (Wildman–Crippen LogP) is 2.40. The molecule has 0 unspecified atom stereocenters. The van der Waals surface area contributed by atoms with E-state index in [0.29, 0.717) is 6.10 Å². The molecule has 0 atom stereocenters. The van der Waals surface area contributed by atoms with Crippen LogP contribution < -0.4 is 10.1 Å². The van der Waals surface area contributed by atoms with Crippen LogP contribution in [0.15, 0.2) is 6.33 Å². The van der Waals surface area contributed by atoms with Crippen molar-refractivity contribution in [3.63, 3.8) is 0 Å². The van der Waals surface area contributed by atoms with Gasteiger partial charge in [0.1, 0.15) is 18.2 Å². The summed E-state index contributed by atoms with van der Waals surface area (Å²) in [6.07, 6.45) is 7.56. The van der Waals surface area contributed by atoms with Crippen molar-refractivity contribution < 1.29 is 4.74 Å². The number of nitrogens with zero attached hydrogens (tertiary/aromatic N) is 2. The van der Waals surface area contributed by atoms with Crippen LogP contribution in [0.5, 0.6) is 5.88 Å². The number of rotatable bonds is 5. The third-order valence-electron chi connectivity index (χ3n) is 2.97. The molecule has 4 heteroatoms. The summed E-state index contributed by atoms with van der Waals surface area (Å²) in [4.78, 5) is 8.48. The van der Waals surface area contributed by atoms with E-state index in [-0.39, 0.29) is 0 Å². The van der Waals surface area contributed by atoms with E-state index in [1.165, 1.54) is 6.42 Å². The average molecular weight is 221 g/mol. The summed E-state index contributed by atoms with van der Waals surface area (Å²) < 4.78 is 5.89. The molecule has 1 heterocycles. The zero-order valence-corrected chi connectivity index (χ0v) is 9.99. The number of hydrogen-bond donors (Lipinski definition) is 1. The van der Waals surface area contributed by atoms with E-state index in [0.717, 1.165) is 42.9 Å². The molecule has 0 saturated heterocycles. The first-order chi connectivity index (χ1) is 7.85. The lowest BCUT2D eigenvalue weighted by Crippen LogP contribution is -2.25. The predicted molar refractivity (Wildman–Crippen MR) is 63.8 cm³/mol. The minimum absolute atomic E-state index is 0.371. The fourth-order valence-corrected chi connectivity index (χ4v) is 1.84. The third kappa shape index (κ3) is 2.26.